The molecule has 2 rings (SSSR count). The van der Waals surface area contributed by atoms with Crippen LogP contribution in [0, 0.1) is 11.7 Å². The summed E-state index contributed by atoms with van der Waals surface area (Å²) in [6, 6.07) is 1.34. The van der Waals surface area contributed by atoms with Crippen molar-refractivity contribution < 1.29 is 14.3 Å². The molecule has 0 radical (unpaired) electrons. The summed E-state index contributed by atoms with van der Waals surface area (Å²) in [6.07, 6.45) is 2.81. The van der Waals surface area contributed by atoms with Crippen molar-refractivity contribution in [2.75, 3.05) is 25.4 Å². The largest absolute Gasteiger partial charge is 0.396 e. The number of nitrogen functional groups attached to an aromatic ring is 1. The molecule has 1 fully saturated rings. The van der Waals surface area contributed by atoms with Gasteiger partial charge in [-0.1, -0.05) is 0 Å². The predicted octanol–water partition coefficient (Wildman–Crippen LogP) is 0.647. The SMILES string of the molecule is Nc1nccc(C(=O)N2CCC(CO)CC2)c1F. The average Bonchev–Trinajstić information content (AvgIpc) is 2.41. The van der Waals surface area contributed by atoms with Crippen molar-refractivity contribution in [3.63, 3.8) is 0 Å². The van der Waals surface area contributed by atoms with Crippen molar-refractivity contribution in [2.24, 2.45) is 5.92 Å². The molecule has 0 saturated carbocycles. The van der Waals surface area contributed by atoms with E-state index < -0.39 is 5.82 Å². The number of aromatic nitrogens is 1. The molecule has 0 aliphatic carbocycles. The van der Waals surface area contributed by atoms with Gasteiger partial charge in [-0.05, 0) is 24.8 Å². The van der Waals surface area contributed by atoms with Crippen molar-refractivity contribution in [3.05, 3.63) is 23.6 Å². The Labute approximate surface area is 104 Å². The number of hydrogen-bond donors (Lipinski definition) is 2. The fourth-order valence-corrected chi connectivity index (χ4v) is 2.11. The Bertz CT molecular complexity index is 445. The first kappa shape index (κ1) is 12.8. The lowest BCUT2D eigenvalue weighted by Crippen LogP contribution is -2.39. The summed E-state index contributed by atoms with van der Waals surface area (Å²) in [5.41, 5.74) is 5.30. The minimum absolute atomic E-state index is 0.0371. The van der Waals surface area contributed by atoms with Gasteiger partial charge in [0, 0.05) is 25.9 Å². The van der Waals surface area contributed by atoms with Gasteiger partial charge >= 0.3 is 0 Å². The topological polar surface area (TPSA) is 79.5 Å². The van der Waals surface area contributed by atoms with Crippen LogP contribution in [0.25, 0.3) is 0 Å². The quantitative estimate of drug-likeness (QED) is 0.811. The highest BCUT2D eigenvalue weighted by Gasteiger charge is 2.25. The zero-order valence-corrected chi connectivity index (χ0v) is 9.97. The number of likely N-dealkylation sites (tertiary alicyclic amines) is 1. The van der Waals surface area contributed by atoms with Crippen molar-refractivity contribution in [3.8, 4) is 0 Å². The van der Waals surface area contributed by atoms with E-state index in [-0.39, 0.29) is 29.8 Å². The third-order valence-electron chi connectivity index (χ3n) is 3.31. The number of nitrogens with two attached hydrogens (primary N) is 1. The van der Waals surface area contributed by atoms with Crippen molar-refractivity contribution in [1.82, 2.24) is 9.88 Å². The smallest absolute Gasteiger partial charge is 0.257 e. The van der Waals surface area contributed by atoms with E-state index in [0.717, 1.165) is 12.8 Å². The second-order valence-corrected chi connectivity index (χ2v) is 4.48. The second-order valence-electron chi connectivity index (χ2n) is 4.48. The molecule has 18 heavy (non-hydrogen) atoms. The minimum atomic E-state index is -0.758. The van der Waals surface area contributed by atoms with Gasteiger partial charge in [-0.3, -0.25) is 4.79 Å². The molecule has 1 saturated heterocycles. The highest BCUT2D eigenvalue weighted by molar-refractivity contribution is 5.95. The number of carbonyl (C=O) groups excluding carboxylic acids is 1. The third kappa shape index (κ3) is 2.43. The van der Waals surface area contributed by atoms with Gasteiger partial charge in [0.1, 0.15) is 0 Å². The lowest BCUT2D eigenvalue weighted by molar-refractivity contribution is 0.0646. The van der Waals surface area contributed by atoms with Crippen LogP contribution in [-0.2, 0) is 0 Å². The van der Waals surface area contributed by atoms with Gasteiger partial charge in [-0.2, -0.15) is 0 Å². The summed E-state index contributed by atoms with van der Waals surface area (Å²) in [4.78, 5) is 17.3. The van der Waals surface area contributed by atoms with Crippen molar-refractivity contribution >= 4 is 11.7 Å². The predicted molar refractivity (Wildman–Crippen MR) is 64.3 cm³/mol. The number of nitrogens with zero attached hydrogens (tertiary/aromatic N) is 2. The number of anilines is 1. The molecule has 1 aromatic rings. The van der Waals surface area contributed by atoms with Crippen LogP contribution < -0.4 is 5.73 Å². The number of pyridine rings is 1. The van der Waals surface area contributed by atoms with Gasteiger partial charge in [0.2, 0.25) is 0 Å². The first-order valence-electron chi connectivity index (χ1n) is 5.93. The van der Waals surface area contributed by atoms with Crippen LogP contribution in [0.15, 0.2) is 12.3 Å². The standard InChI is InChI=1S/C12H16FN3O2/c13-10-9(1-4-15-11(10)14)12(18)16-5-2-8(7-17)3-6-16/h1,4,8,17H,2-3,5-7H2,(H2,14,15). The van der Waals surface area contributed by atoms with Crippen LogP contribution in [0.1, 0.15) is 23.2 Å². The Hall–Kier alpha value is -1.69. The van der Waals surface area contributed by atoms with Crippen LogP contribution in [-0.4, -0.2) is 40.6 Å². The lowest BCUT2D eigenvalue weighted by Gasteiger charge is -2.31. The van der Waals surface area contributed by atoms with E-state index in [9.17, 15) is 9.18 Å². The van der Waals surface area contributed by atoms with Crippen LogP contribution in [0.4, 0.5) is 10.2 Å². The molecule has 6 heteroatoms. The van der Waals surface area contributed by atoms with E-state index >= 15 is 0 Å². The number of halogens is 1. The summed E-state index contributed by atoms with van der Waals surface area (Å²) >= 11 is 0. The minimum Gasteiger partial charge on any atom is -0.396 e. The fourth-order valence-electron chi connectivity index (χ4n) is 2.11. The van der Waals surface area contributed by atoms with Gasteiger partial charge in [0.05, 0.1) is 5.56 Å². The van der Waals surface area contributed by atoms with Gasteiger partial charge in [-0.15, -0.1) is 0 Å². The molecule has 0 unspecified atom stereocenters. The monoisotopic (exact) mass is 253 g/mol. The molecular formula is C12H16FN3O2. The van der Waals surface area contributed by atoms with Gasteiger partial charge in [0.15, 0.2) is 11.6 Å². The van der Waals surface area contributed by atoms with E-state index in [1.165, 1.54) is 12.3 Å². The van der Waals surface area contributed by atoms with Crippen LogP contribution >= 0.6 is 0 Å². The molecule has 1 aromatic heterocycles. The second kappa shape index (κ2) is 5.30. The Morgan fingerprint density at radius 2 is 2.22 bits per heavy atom. The molecule has 3 N–H and O–H groups in total. The number of piperidine rings is 1. The van der Waals surface area contributed by atoms with Gasteiger partial charge in [0.25, 0.3) is 5.91 Å². The fraction of sp³-hybridized carbons (Fsp3) is 0.500. The van der Waals surface area contributed by atoms with Crippen LogP contribution in [0.5, 0.6) is 0 Å². The Balaban J connectivity index is 2.10. The summed E-state index contributed by atoms with van der Waals surface area (Å²) < 4.78 is 13.7. The number of aliphatic hydroxyl groups excluding tert-OH is 1. The lowest BCUT2D eigenvalue weighted by atomic mass is 9.97. The summed E-state index contributed by atoms with van der Waals surface area (Å²) in [6.45, 7) is 1.20. The summed E-state index contributed by atoms with van der Waals surface area (Å²) in [5, 5.41) is 9.03. The third-order valence-corrected chi connectivity index (χ3v) is 3.31. The molecule has 0 atom stereocenters. The highest BCUT2D eigenvalue weighted by atomic mass is 19.1. The first-order valence-corrected chi connectivity index (χ1v) is 5.93. The van der Waals surface area contributed by atoms with E-state index in [2.05, 4.69) is 4.98 Å². The zero-order valence-electron chi connectivity index (χ0n) is 9.97. The molecule has 2 heterocycles. The first-order chi connectivity index (χ1) is 8.63. The van der Waals surface area contributed by atoms with E-state index in [0.29, 0.717) is 13.1 Å². The van der Waals surface area contributed by atoms with Crippen molar-refractivity contribution in [2.45, 2.75) is 12.8 Å². The molecule has 0 aromatic carbocycles. The number of hydrogen-bond acceptors (Lipinski definition) is 4. The molecule has 1 amide bonds. The van der Waals surface area contributed by atoms with Gasteiger partial charge < -0.3 is 15.7 Å². The van der Waals surface area contributed by atoms with Crippen LogP contribution in [0.2, 0.25) is 0 Å². The maximum Gasteiger partial charge on any atom is 0.257 e. The average molecular weight is 253 g/mol. The normalized spacial score (nSPS) is 16.9. The Morgan fingerprint density at radius 3 is 2.83 bits per heavy atom. The molecule has 1 aliphatic rings. The van der Waals surface area contributed by atoms with Gasteiger partial charge in [-0.25, -0.2) is 9.37 Å². The number of aliphatic hydroxyl groups is 1. The molecule has 5 nitrogen and oxygen atoms in total. The molecule has 1 aliphatic heterocycles. The summed E-state index contributed by atoms with van der Waals surface area (Å²) in [7, 11) is 0. The number of rotatable bonds is 2. The Morgan fingerprint density at radius 1 is 1.56 bits per heavy atom. The molecular weight excluding hydrogens is 237 g/mol. The number of amides is 1. The highest BCUT2D eigenvalue weighted by Crippen LogP contribution is 2.20. The maximum atomic E-state index is 13.7. The van der Waals surface area contributed by atoms with Crippen LogP contribution in [0.3, 0.4) is 0 Å². The number of carbonyl (C=O) groups is 1. The van der Waals surface area contributed by atoms with Crippen molar-refractivity contribution in [1.29, 1.82) is 0 Å². The van der Waals surface area contributed by atoms with E-state index in [1.807, 2.05) is 0 Å². The maximum absolute atomic E-state index is 13.7. The van der Waals surface area contributed by atoms with E-state index in [4.69, 9.17) is 10.8 Å². The molecule has 98 valence electrons. The molecule has 0 spiro atoms. The van der Waals surface area contributed by atoms with E-state index in [1.54, 1.807) is 4.90 Å². The molecule has 0 bridgehead atoms. The Kier molecular flexibility index (Phi) is 3.76. The zero-order chi connectivity index (χ0) is 13.1. The summed E-state index contributed by atoms with van der Waals surface area (Å²) in [5.74, 6) is -1.14.